The van der Waals surface area contributed by atoms with Gasteiger partial charge in [-0.2, -0.15) is 0 Å². The summed E-state index contributed by atoms with van der Waals surface area (Å²) in [7, 11) is -4.02. The Balaban J connectivity index is 2.96. The minimum atomic E-state index is -4.02. The number of nitrogens with one attached hydrogen (secondary N) is 2. The molecule has 8 nitrogen and oxygen atoms in total. The fourth-order valence-electron chi connectivity index (χ4n) is 1.30. The van der Waals surface area contributed by atoms with Crippen molar-refractivity contribution in [2.45, 2.75) is 11.8 Å². The lowest BCUT2D eigenvalue weighted by atomic mass is 10.3. The number of hydrogen-bond acceptors (Lipinski definition) is 5. The van der Waals surface area contributed by atoms with Gasteiger partial charge in [0.05, 0.1) is 16.4 Å². The van der Waals surface area contributed by atoms with Crippen molar-refractivity contribution in [2.75, 3.05) is 13.1 Å². The zero-order valence-electron chi connectivity index (χ0n) is 10.4. The van der Waals surface area contributed by atoms with Crippen molar-refractivity contribution in [3.8, 4) is 0 Å². The van der Waals surface area contributed by atoms with E-state index in [2.05, 4.69) is 5.32 Å². The van der Waals surface area contributed by atoms with Gasteiger partial charge in [-0.1, -0.05) is 11.6 Å². The number of rotatable bonds is 6. The Kier molecular flexibility index (Phi) is 5.43. The van der Waals surface area contributed by atoms with Gasteiger partial charge in [0.1, 0.15) is 5.02 Å². The summed E-state index contributed by atoms with van der Waals surface area (Å²) in [6.45, 7) is 1.61. The van der Waals surface area contributed by atoms with E-state index >= 15 is 0 Å². The summed E-state index contributed by atoms with van der Waals surface area (Å²) in [5, 5.41) is 12.9. The fourth-order valence-corrected chi connectivity index (χ4v) is 2.49. The van der Waals surface area contributed by atoms with Gasteiger partial charge in [0.15, 0.2) is 0 Å². The largest absolute Gasteiger partial charge is 0.355 e. The van der Waals surface area contributed by atoms with E-state index in [0.717, 1.165) is 18.2 Å². The molecule has 1 aromatic rings. The number of amides is 1. The summed E-state index contributed by atoms with van der Waals surface area (Å²) in [5.41, 5.74) is -0.521. The van der Waals surface area contributed by atoms with Gasteiger partial charge in [-0.15, -0.1) is 0 Å². The molecule has 2 N–H and O–H groups in total. The molecule has 1 amide bonds. The van der Waals surface area contributed by atoms with Gasteiger partial charge in [-0.3, -0.25) is 14.9 Å². The average Bonchev–Trinajstić information content (AvgIpc) is 2.37. The van der Waals surface area contributed by atoms with Gasteiger partial charge >= 0.3 is 0 Å². The maximum absolute atomic E-state index is 11.9. The summed E-state index contributed by atoms with van der Waals surface area (Å²) in [6, 6.07) is 3.07. The second-order valence-corrected chi connectivity index (χ2v) is 5.82. The number of nitro groups is 1. The van der Waals surface area contributed by atoms with Crippen molar-refractivity contribution in [3.63, 3.8) is 0 Å². The standard InChI is InChI=1S/C10H12ClN3O5S/c1-2-12-10(15)6-13-20(18,19)7-3-4-8(11)9(5-7)14(16)17/h3-5,13H,2,6H2,1H3,(H,12,15). The molecule has 10 heteroatoms. The number of nitro benzene ring substituents is 1. The van der Waals surface area contributed by atoms with Crippen molar-refractivity contribution in [2.24, 2.45) is 0 Å². The van der Waals surface area contributed by atoms with Crippen LogP contribution in [0.25, 0.3) is 0 Å². The number of likely N-dealkylation sites (N-methyl/N-ethyl adjacent to an activating group) is 1. The predicted octanol–water partition coefficient (Wildman–Crippen LogP) is 0.663. The van der Waals surface area contributed by atoms with E-state index in [4.69, 9.17) is 11.6 Å². The molecule has 0 heterocycles. The van der Waals surface area contributed by atoms with Gasteiger partial charge in [-0.25, -0.2) is 13.1 Å². The van der Waals surface area contributed by atoms with Crippen molar-refractivity contribution in [1.82, 2.24) is 10.0 Å². The van der Waals surface area contributed by atoms with Crippen LogP contribution in [0.15, 0.2) is 23.1 Å². The van der Waals surface area contributed by atoms with Gasteiger partial charge < -0.3 is 5.32 Å². The molecule has 0 radical (unpaired) electrons. The fraction of sp³-hybridized carbons (Fsp3) is 0.300. The van der Waals surface area contributed by atoms with E-state index in [0.29, 0.717) is 6.54 Å². The Bertz CT molecular complexity index is 632. The molecule has 0 bridgehead atoms. The second-order valence-electron chi connectivity index (χ2n) is 3.65. The maximum Gasteiger partial charge on any atom is 0.289 e. The molecule has 0 unspecified atom stereocenters. The monoisotopic (exact) mass is 321 g/mol. The summed E-state index contributed by atoms with van der Waals surface area (Å²) in [4.78, 5) is 20.8. The van der Waals surface area contributed by atoms with Crippen LogP contribution in [0.2, 0.25) is 5.02 Å². The van der Waals surface area contributed by atoms with Crippen LogP contribution in [0, 0.1) is 10.1 Å². The highest BCUT2D eigenvalue weighted by Gasteiger charge is 2.21. The van der Waals surface area contributed by atoms with Crippen LogP contribution < -0.4 is 10.0 Å². The summed E-state index contributed by atoms with van der Waals surface area (Å²) >= 11 is 5.59. The zero-order valence-corrected chi connectivity index (χ0v) is 12.0. The highest BCUT2D eigenvalue weighted by atomic mass is 35.5. The van der Waals surface area contributed by atoms with Crippen molar-refractivity contribution < 1.29 is 18.1 Å². The first-order valence-electron chi connectivity index (χ1n) is 5.48. The van der Waals surface area contributed by atoms with Crippen LogP contribution in [0.4, 0.5) is 5.69 Å². The smallest absolute Gasteiger partial charge is 0.289 e. The summed E-state index contributed by atoms with van der Waals surface area (Å²) < 4.78 is 25.8. The molecule has 0 fully saturated rings. The van der Waals surface area contributed by atoms with Gasteiger partial charge in [0.2, 0.25) is 15.9 Å². The molecule has 0 atom stereocenters. The lowest BCUT2D eigenvalue weighted by molar-refractivity contribution is -0.384. The minimum Gasteiger partial charge on any atom is -0.355 e. The topological polar surface area (TPSA) is 118 Å². The van der Waals surface area contributed by atoms with Crippen LogP contribution in [0.3, 0.4) is 0 Å². The van der Waals surface area contributed by atoms with E-state index in [-0.39, 0.29) is 9.92 Å². The van der Waals surface area contributed by atoms with E-state index in [9.17, 15) is 23.3 Å². The zero-order chi connectivity index (χ0) is 15.3. The maximum atomic E-state index is 11.9. The van der Waals surface area contributed by atoms with Crippen LogP contribution in [0.5, 0.6) is 0 Å². The molecule has 20 heavy (non-hydrogen) atoms. The van der Waals surface area contributed by atoms with Gasteiger partial charge in [0.25, 0.3) is 5.69 Å². The van der Waals surface area contributed by atoms with Crippen molar-refractivity contribution in [1.29, 1.82) is 0 Å². The SMILES string of the molecule is CCNC(=O)CNS(=O)(=O)c1ccc(Cl)c([N+](=O)[O-])c1. The van der Waals surface area contributed by atoms with E-state index in [1.54, 1.807) is 6.92 Å². The lowest BCUT2D eigenvalue weighted by Gasteiger charge is -2.07. The van der Waals surface area contributed by atoms with Crippen LogP contribution in [-0.4, -0.2) is 32.3 Å². The molecule has 0 saturated carbocycles. The molecule has 0 saturated heterocycles. The normalized spacial score (nSPS) is 11.1. The summed E-state index contributed by atoms with van der Waals surface area (Å²) in [6.07, 6.45) is 0. The Labute approximate surface area is 120 Å². The number of nitrogens with zero attached hydrogens (tertiary/aromatic N) is 1. The molecule has 1 rings (SSSR count). The molecular weight excluding hydrogens is 310 g/mol. The molecule has 0 aliphatic carbocycles. The first-order valence-corrected chi connectivity index (χ1v) is 7.34. The van der Waals surface area contributed by atoms with E-state index in [1.807, 2.05) is 4.72 Å². The number of benzene rings is 1. The second kappa shape index (κ2) is 6.64. The Morgan fingerprint density at radius 1 is 1.45 bits per heavy atom. The molecule has 0 aliphatic heterocycles. The van der Waals surface area contributed by atoms with E-state index in [1.165, 1.54) is 0 Å². The molecule has 0 aromatic heterocycles. The van der Waals surface area contributed by atoms with Crippen LogP contribution >= 0.6 is 11.6 Å². The molecule has 0 spiro atoms. The number of halogens is 1. The number of carbonyl (C=O) groups excluding carboxylic acids is 1. The quantitative estimate of drug-likeness (QED) is 0.589. The number of hydrogen-bond donors (Lipinski definition) is 2. The molecule has 110 valence electrons. The third-order valence-electron chi connectivity index (χ3n) is 2.22. The minimum absolute atomic E-state index is 0.169. The lowest BCUT2D eigenvalue weighted by Crippen LogP contribution is -2.36. The van der Waals surface area contributed by atoms with E-state index < -0.39 is 33.1 Å². The first kappa shape index (κ1) is 16.3. The predicted molar refractivity (Wildman–Crippen MR) is 72.0 cm³/mol. The summed E-state index contributed by atoms with van der Waals surface area (Å²) in [5.74, 6) is -0.500. The molecular formula is C10H12ClN3O5S. The highest BCUT2D eigenvalue weighted by Crippen LogP contribution is 2.26. The third kappa shape index (κ3) is 4.15. The Morgan fingerprint density at radius 2 is 2.10 bits per heavy atom. The molecule has 1 aromatic carbocycles. The average molecular weight is 322 g/mol. The van der Waals surface area contributed by atoms with Crippen molar-refractivity contribution in [3.05, 3.63) is 33.3 Å². The third-order valence-corrected chi connectivity index (χ3v) is 3.94. The number of sulfonamides is 1. The molecule has 0 aliphatic rings. The van der Waals surface area contributed by atoms with Crippen LogP contribution in [0.1, 0.15) is 6.92 Å². The van der Waals surface area contributed by atoms with Gasteiger partial charge in [0, 0.05) is 12.6 Å². The Hall–Kier alpha value is -1.71. The Morgan fingerprint density at radius 3 is 2.65 bits per heavy atom. The van der Waals surface area contributed by atoms with Crippen LogP contribution in [-0.2, 0) is 14.8 Å². The van der Waals surface area contributed by atoms with Gasteiger partial charge in [-0.05, 0) is 19.1 Å². The number of carbonyl (C=O) groups is 1. The highest BCUT2D eigenvalue weighted by molar-refractivity contribution is 7.89. The van der Waals surface area contributed by atoms with Crippen molar-refractivity contribution >= 4 is 33.2 Å². The first-order chi connectivity index (χ1) is 9.27.